The molecular formula is C17H14BrNO3S. The standard InChI is InChI=1S/C17H14BrNO3S/c18-14-5-2-1-4-13(14)16(20)19-11-17(21,12-7-9-23-10-12)15-6-3-8-22-15/h1-10,21H,11H2,(H,19,20)/t17-/m1/s1. The average Bonchev–Trinajstić information content (AvgIpc) is 3.25. The molecule has 6 heteroatoms. The third-order valence-corrected chi connectivity index (χ3v) is 4.93. The van der Waals surface area contributed by atoms with Gasteiger partial charge in [-0.15, -0.1) is 0 Å². The van der Waals surface area contributed by atoms with Crippen LogP contribution in [-0.2, 0) is 5.60 Å². The van der Waals surface area contributed by atoms with Crippen LogP contribution in [0.2, 0.25) is 0 Å². The van der Waals surface area contributed by atoms with Crippen LogP contribution in [0.3, 0.4) is 0 Å². The molecule has 0 fully saturated rings. The van der Waals surface area contributed by atoms with Crippen molar-refractivity contribution in [2.24, 2.45) is 0 Å². The SMILES string of the molecule is O=C(NC[C@@](O)(c1ccsc1)c1ccco1)c1ccccc1Br. The molecule has 3 aromatic rings. The summed E-state index contributed by atoms with van der Waals surface area (Å²) in [6.07, 6.45) is 1.50. The maximum atomic E-state index is 12.4. The molecule has 1 atom stereocenters. The summed E-state index contributed by atoms with van der Waals surface area (Å²) in [6, 6.07) is 12.4. The van der Waals surface area contributed by atoms with Gasteiger partial charge < -0.3 is 14.8 Å². The summed E-state index contributed by atoms with van der Waals surface area (Å²) < 4.78 is 6.08. The Bertz CT molecular complexity index is 750. The Balaban J connectivity index is 1.84. The van der Waals surface area contributed by atoms with Gasteiger partial charge in [-0.2, -0.15) is 11.3 Å². The van der Waals surface area contributed by atoms with Gasteiger partial charge in [-0.1, -0.05) is 12.1 Å². The molecule has 2 N–H and O–H groups in total. The fraction of sp³-hybridized carbons (Fsp3) is 0.118. The Labute approximate surface area is 145 Å². The van der Waals surface area contributed by atoms with Gasteiger partial charge in [0.05, 0.1) is 18.4 Å². The van der Waals surface area contributed by atoms with Crippen molar-refractivity contribution < 1.29 is 14.3 Å². The smallest absolute Gasteiger partial charge is 0.252 e. The van der Waals surface area contributed by atoms with Crippen molar-refractivity contribution in [3.05, 3.63) is 80.8 Å². The van der Waals surface area contributed by atoms with Gasteiger partial charge in [0.1, 0.15) is 5.76 Å². The fourth-order valence-electron chi connectivity index (χ4n) is 2.29. The third-order valence-electron chi connectivity index (χ3n) is 3.55. The number of amides is 1. The second kappa shape index (κ2) is 6.70. The van der Waals surface area contributed by atoms with E-state index in [1.54, 1.807) is 30.3 Å². The molecule has 118 valence electrons. The van der Waals surface area contributed by atoms with Crippen molar-refractivity contribution >= 4 is 33.2 Å². The second-order valence-corrected chi connectivity index (χ2v) is 6.65. The predicted octanol–water partition coefficient (Wildman–Crippen LogP) is 3.77. The molecule has 23 heavy (non-hydrogen) atoms. The van der Waals surface area contributed by atoms with E-state index in [1.165, 1.54) is 17.6 Å². The largest absolute Gasteiger partial charge is 0.466 e. The van der Waals surface area contributed by atoms with Crippen LogP contribution in [-0.4, -0.2) is 17.6 Å². The summed E-state index contributed by atoms with van der Waals surface area (Å²) in [5, 5.41) is 17.6. The third kappa shape index (κ3) is 3.24. The van der Waals surface area contributed by atoms with Crippen molar-refractivity contribution in [1.29, 1.82) is 0 Å². The number of benzene rings is 1. The number of hydrogen-bond acceptors (Lipinski definition) is 4. The number of carbonyl (C=O) groups is 1. The number of carbonyl (C=O) groups excluding carboxylic acids is 1. The highest BCUT2D eigenvalue weighted by Crippen LogP contribution is 2.31. The molecule has 2 aromatic heterocycles. The zero-order chi connectivity index (χ0) is 16.3. The van der Waals surface area contributed by atoms with Crippen molar-refractivity contribution in [3.63, 3.8) is 0 Å². The van der Waals surface area contributed by atoms with Gasteiger partial charge in [0.15, 0.2) is 5.60 Å². The van der Waals surface area contributed by atoms with Gasteiger partial charge in [0, 0.05) is 10.0 Å². The molecule has 1 aromatic carbocycles. The Kier molecular flexibility index (Phi) is 4.66. The number of furan rings is 1. The lowest BCUT2D eigenvalue weighted by atomic mass is 9.93. The van der Waals surface area contributed by atoms with E-state index in [-0.39, 0.29) is 12.5 Å². The Morgan fingerprint density at radius 1 is 1.26 bits per heavy atom. The number of hydrogen-bond donors (Lipinski definition) is 2. The first-order valence-electron chi connectivity index (χ1n) is 6.93. The number of nitrogens with one attached hydrogen (secondary N) is 1. The Morgan fingerprint density at radius 3 is 2.74 bits per heavy atom. The lowest BCUT2D eigenvalue weighted by molar-refractivity contribution is 0.0528. The van der Waals surface area contributed by atoms with Crippen LogP contribution in [0.4, 0.5) is 0 Å². The molecule has 1 amide bonds. The summed E-state index contributed by atoms with van der Waals surface area (Å²) in [4.78, 5) is 12.4. The first-order chi connectivity index (χ1) is 11.1. The molecule has 2 heterocycles. The van der Waals surface area contributed by atoms with E-state index in [1.807, 2.05) is 22.9 Å². The normalized spacial score (nSPS) is 13.5. The molecular weight excluding hydrogens is 378 g/mol. The molecule has 0 saturated carbocycles. The van der Waals surface area contributed by atoms with Crippen LogP contribution in [0.25, 0.3) is 0 Å². The fourth-order valence-corrected chi connectivity index (χ4v) is 3.48. The van der Waals surface area contributed by atoms with E-state index in [2.05, 4.69) is 21.2 Å². The van der Waals surface area contributed by atoms with E-state index in [0.717, 1.165) is 0 Å². The molecule has 0 spiro atoms. The lowest BCUT2D eigenvalue weighted by Crippen LogP contribution is -2.41. The monoisotopic (exact) mass is 391 g/mol. The summed E-state index contributed by atoms with van der Waals surface area (Å²) in [5.41, 5.74) is -0.204. The first kappa shape index (κ1) is 16.0. The van der Waals surface area contributed by atoms with E-state index < -0.39 is 5.60 Å². The van der Waals surface area contributed by atoms with Crippen LogP contribution in [0, 0.1) is 0 Å². The molecule has 0 aliphatic carbocycles. The van der Waals surface area contributed by atoms with Gasteiger partial charge in [0.2, 0.25) is 0 Å². The molecule has 0 saturated heterocycles. The first-order valence-corrected chi connectivity index (χ1v) is 8.66. The van der Waals surface area contributed by atoms with Gasteiger partial charge in [0.25, 0.3) is 5.91 Å². The number of halogens is 1. The molecule has 0 aliphatic heterocycles. The minimum absolute atomic E-state index is 0.0113. The highest BCUT2D eigenvalue weighted by atomic mass is 79.9. The molecule has 0 bridgehead atoms. The topological polar surface area (TPSA) is 62.5 Å². The summed E-state index contributed by atoms with van der Waals surface area (Å²) in [7, 11) is 0. The van der Waals surface area contributed by atoms with Crippen LogP contribution < -0.4 is 5.32 Å². The minimum Gasteiger partial charge on any atom is -0.466 e. The Hall–Kier alpha value is -1.89. The van der Waals surface area contributed by atoms with Crippen molar-refractivity contribution in [1.82, 2.24) is 5.32 Å². The van der Waals surface area contributed by atoms with E-state index >= 15 is 0 Å². The Morgan fingerprint density at radius 2 is 2.09 bits per heavy atom. The van der Waals surface area contributed by atoms with Crippen LogP contribution in [0.5, 0.6) is 0 Å². The molecule has 4 nitrogen and oxygen atoms in total. The molecule has 0 radical (unpaired) electrons. The molecule has 0 unspecified atom stereocenters. The number of aliphatic hydroxyl groups is 1. The van der Waals surface area contributed by atoms with Crippen LogP contribution >= 0.6 is 27.3 Å². The zero-order valence-electron chi connectivity index (χ0n) is 12.0. The number of thiophene rings is 1. The average molecular weight is 392 g/mol. The van der Waals surface area contributed by atoms with Crippen LogP contribution in [0.15, 0.2) is 68.4 Å². The van der Waals surface area contributed by atoms with E-state index in [0.29, 0.717) is 21.4 Å². The summed E-state index contributed by atoms with van der Waals surface area (Å²) in [6.45, 7) is 0.0113. The summed E-state index contributed by atoms with van der Waals surface area (Å²) >= 11 is 4.83. The van der Waals surface area contributed by atoms with Gasteiger partial charge in [-0.3, -0.25) is 4.79 Å². The minimum atomic E-state index is -1.40. The highest BCUT2D eigenvalue weighted by Gasteiger charge is 2.35. The maximum absolute atomic E-state index is 12.4. The van der Waals surface area contributed by atoms with Crippen LogP contribution in [0.1, 0.15) is 21.7 Å². The second-order valence-electron chi connectivity index (χ2n) is 5.01. The van der Waals surface area contributed by atoms with Gasteiger partial charge in [-0.05, 0) is 57.0 Å². The molecule has 3 rings (SSSR count). The predicted molar refractivity (Wildman–Crippen MR) is 92.5 cm³/mol. The number of rotatable bonds is 5. The van der Waals surface area contributed by atoms with Gasteiger partial charge in [-0.25, -0.2) is 0 Å². The van der Waals surface area contributed by atoms with E-state index in [4.69, 9.17) is 4.42 Å². The highest BCUT2D eigenvalue weighted by molar-refractivity contribution is 9.10. The zero-order valence-corrected chi connectivity index (χ0v) is 14.4. The van der Waals surface area contributed by atoms with Crippen molar-refractivity contribution in [3.8, 4) is 0 Å². The van der Waals surface area contributed by atoms with Gasteiger partial charge >= 0.3 is 0 Å². The van der Waals surface area contributed by atoms with E-state index in [9.17, 15) is 9.90 Å². The molecule has 0 aliphatic rings. The maximum Gasteiger partial charge on any atom is 0.252 e. The quantitative estimate of drug-likeness (QED) is 0.695. The van der Waals surface area contributed by atoms with Crippen molar-refractivity contribution in [2.75, 3.05) is 6.54 Å². The lowest BCUT2D eigenvalue weighted by Gasteiger charge is -2.25. The van der Waals surface area contributed by atoms with Crippen molar-refractivity contribution in [2.45, 2.75) is 5.60 Å². The summed E-state index contributed by atoms with van der Waals surface area (Å²) in [5.74, 6) is 0.126.